The van der Waals surface area contributed by atoms with Crippen molar-refractivity contribution >= 4 is 5.91 Å². The molecule has 0 spiro atoms. The molecule has 0 bridgehead atoms. The van der Waals surface area contributed by atoms with Gasteiger partial charge in [-0.3, -0.25) is 4.79 Å². The summed E-state index contributed by atoms with van der Waals surface area (Å²) in [5, 5.41) is 3.45. The van der Waals surface area contributed by atoms with Gasteiger partial charge in [-0.05, 0) is 30.0 Å². The molecule has 1 aliphatic rings. The van der Waals surface area contributed by atoms with Crippen molar-refractivity contribution in [2.24, 2.45) is 5.73 Å². The standard InChI is InChI=1S/C20H24N2O3/c21-20(23)11-10-16(15-6-2-1-3-7-15)12-22-13-17-14-24-18-8-4-5-9-19(18)25-17/h1-9,16-17,22H,10-14H2,(H2,21,23). The van der Waals surface area contributed by atoms with E-state index in [0.717, 1.165) is 24.5 Å². The second kappa shape index (κ2) is 8.53. The molecule has 5 heteroatoms. The molecule has 2 aromatic rings. The number of ether oxygens (including phenoxy) is 2. The molecule has 0 radical (unpaired) electrons. The molecule has 1 aliphatic heterocycles. The number of benzene rings is 2. The summed E-state index contributed by atoms with van der Waals surface area (Å²) in [5.74, 6) is 1.56. The molecule has 2 atom stereocenters. The Bertz CT molecular complexity index is 690. The van der Waals surface area contributed by atoms with E-state index in [2.05, 4.69) is 17.4 Å². The van der Waals surface area contributed by atoms with Crippen molar-refractivity contribution in [3.63, 3.8) is 0 Å². The second-order valence-corrected chi connectivity index (χ2v) is 6.27. The molecule has 0 aromatic heterocycles. The van der Waals surface area contributed by atoms with Crippen molar-refractivity contribution in [2.75, 3.05) is 19.7 Å². The predicted octanol–water partition coefficient (Wildman–Crippen LogP) is 2.47. The van der Waals surface area contributed by atoms with E-state index in [9.17, 15) is 4.79 Å². The number of primary amides is 1. The summed E-state index contributed by atoms with van der Waals surface area (Å²) < 4.78 is 11.7. The number of hydrogen-bond acceptors (Lipinski definition) is 4. The number of carbonyl (C=O) groups is 1. The highest BCUT2D eigenvalue weighted by Gasteiger charge is 2.21. The highest BCUT2D eigenvalue weighted by atomic mass is 16.6. The maximum atomic E-state index is 11.1. The number of nitrogens with one attached hydrogen (secondary N) is 1. The van der Waals surface area contributed by atoms with Gasteiger partial charge in [0.1, 0.15) is 12.7 Å². The van der Waals surface area contributed by atoms with Gasteiger partial charge >= 0.3 is 0 Å². The molecule has 1 amide bonds. The largest absolute Gasteiger partial charge is 0.486 e. The minimum atomic E-state index is -0.262. The molecule has 1 heterocycles. The lowest BCUT2D eigenvalue weighted by atomic mass is 9.94. The number of nitrogens with two attached hydrogens (primary N) is 1. The summed E-state index contributed by atoms with van der Waals surface area (Å²) in [5.41, 5.74) is 6.52. The average Bonchev–Trinajstić information content (AvgIpc) is 2.65. The van der Waals surface area contributed by atoms with Gasteiger partial charge < -0.3 is 20.5 Å². The van der Waals surface area contributed by atoms with Crippen LogP contribution in [0.1, 0.15) is 24.3 Å². The first kappa shape index (κ1) is 17.3. The highest BCUT2D eigenvalue weighted by molar-refractivity contribution is 5.73. The third-order valence-corrected chi connectivity index (χ3v) is 4.34. The number of hydrogen-bond donors (Lipinski definition) is 2. The molecule has 0 saturated heterocycles. The summed E-state index contributed by atoms with van der Waals surface area (Å²) in [6.07, 6.45) is 1.09. The maximum absolute atomic E-state index is 11.1. The molecule has 25 heavy (non-hydrogen) atoms. The van der Waals surface area contributed by atoms with Crippen molar-refractivity contribution in [1.29, 1.82) is 0 Å². The van der Waals surface area contributed by atoms with Crippen LogP contribution < -0.4 is 20.5 Å². The smallest absolute Gasteiger partial charge is 0.217 e. The summed E-state index contributed by atoms with van der Waals surface area (Å²) in [6, 6.07) is 17.9. The quantitative estimate of drug-likeness (QED) is 0.774. The molecular weight excluding hydrogens is 316 g/mol. The predicted molar refractivity (Wildman–Crippen MR) is 96.8 cm³/mol. The Morgan fingerprint density at radius 2 is 1.84 bits per heavy atom. The monoisotopic (exact) mass is 340 g/mol. The molecule has 5 nitrogen and oxygen atoms in total. The molecule has 132 valence electrons. The first-order chi connectivity index (χ1) is 12.2. The summed E-state index contributed by atoms with van der Waals surface area (Å²) in [6.45, 7) is 1.98. The van der Waals surface area contributed by atoms with Gasteiger partial charge in [0.05, 0.1) is 0 Å². The number of rotatable bonds is 8. The summed E-state index contributed by atoms with van der Waals surface area (Å²) in [7, 11) is 0. The van der Waals surface area contributed by atoms with Crippen LogP contribution in [0.2, 0.25) is 0 Å². The Hall–Kier alpha value is -2.53. The topological polar surface area (TPSA) is 73.6 Å². The van der Waals surface area contributed by atoms with Gasteiger partial charge in [0.25, 0.3) is 0 Å². The van der Waals surface area contributed by atoms with E-state index < -0.39 is 0 Å². The van der Waals surface area contributed by atoms with Crippen molar-refractivity contribution in [3.05, 3.63) is 60.2 Å². The minimum Gasteiger partial charge on any atom is -0.486 e. The Labute approximate surface area is 148 Å². The minimum absolute atomic E-state index is 0.0255. The van der Waals surface area contributed by atoms with Crippen molar-refractivity contribution < 1.29 is 14.3 Å². The average molecular weight is 340 g/mol. The van der Waals surface area contributed by atoms with Gasteiger partial charge in [0.2, 0.25) is 5.91 Å². The number of fused-ring (bicyclic) bond motifs is 1. The van der Waals surface area contributed by atoms with Crippen LogP contribution in [-0.2, 0) is 4.79 Å². The number of para-hydroxylation sites is 2. The van der Waals surface area contributed by atoms with Crippen LogP contribution in [0.4, 0.5) is 0 Å². The fourth-order valence-corrected chi connectivity index (χ4v) is 3.01. The fourth-order valence-electron chi connectivity index (χ4n) is 3.01. The number of amides is 1. The zero-order valence-electron chi connectivity index (χ0n) is 14.2. The Kier molecular flexibility index (Phi) is 5.90. The third kappa shape index (κ3) is 4.97. The van der Waals surface area contributed by atoms with Gasteiger partial charge in [-0.2, -0.15) is 0 Å². The zero-order chi connectivity index (χ0) is 17.5. The van der Waals surface area contributed by atoms with Gasteiger partial charge in [-0.25, -0.2) is 0 Å². The molecule has 2 aromatic carbocycles. The van der Waals surface area contributed by atoms with Crippen LogP contribution in [-0.4, -0.2) is 31.7 Å². The normalized spacial score (nSPS) is 17.0. The van der Waals surface area contributed by atoms with E-state index in [-0.39, 0.29) is 17.9 Å². The SMILES string of the molecule is NC(=O)CCC(CNCC1COc2ccccc2O1)c1ccccc1. The van der Waals surface area contributed by atoms with Gasteiger partial charge in [-0.1, -0.05) is 42.5 Å². The van der Waals surface area contributed by atoms with Crippen LogP contribution in [0, 0.1) is 0 Å². The highest BCUT2D eigenvalue weighted by Crippen LogP contribution is 2.30. The molecule has 3 N–H and O–H groups in total. The first-order valence-corrected chi connectivity index (χ1v) is 8.65. The summed E-state index contributed by atoms with van der Waals surface area (Å²) in [4.78, 5) is 11.1. The van der Waals surface area contributed by atoms with Crippen LogP contribution in [0.3, 0.4) is 0 Å². The van der Waals surface area contributed by atoms with Crippen LogP contribution in [0.5, 0.6) is 11.5 Å². The van der Waals surface area contributed by atoms with Gasteiger partial charge in [0, 0.05) is 19.5 Å². The van der Waals surface area contributed by atoms with Gasteiger partial charge in [0.15, 0.2) is 11.5 Å². The number of carbonyl (C=O) groups excluding carboxylic acids is 1. The zero-order valence-corrected chi connectivity index (χ0v) is 14.2. The molecule has 0 fully saturated rings. The van der Waals surface area contributed by atoms with E-state index in [1.165, 1.54) is 5.56 Å². The second-order valence-electron chi connectivity index (χ2n) is 6.27. The van der Waals surface area contributed by atoms with Gasteiger partial charge in [-0.15, -0.1) is 0 Å². The first-order valence-electron chi connectivity index (χ1n) is 8.65. The van der Waals surface area contributed by atoms with Crippen LogP contribution >= 0.6 is 0 Å². The molecular formula is C20H24N2O3. The third-order valence-electron chi connectivity index (χ3n) is 4.34. The lowest BCUT2D eigenvalue weighted by molar-refractivity contribution is -0.118. The Balaban J connectivity index is 1.52. The molecule has 0 aliphatic carbocycles. The Morgan fingerprint density at radius 3 is 2.60 bits per heavy atom. The van der Waals surface area contributed by atoms with Crippen molar-refractivity contribution in [3.8, 4) is 11.5 Å². The van der Waals surface area contributed by atoms with E-state index in [0.29, 0.717) is 19.6 Å². The van der Waals surface area contributed by atoms with E-state index in [4.69, 9.17) is 15.2 Å². The van der Waals surface area contributed by atoms with E-state index in [1.807, 2.05) is 42.5 Å². The van der Waals surface area contributed by atoms with Crippen molar-refractivity contribution in [1.82, 2.24) is 5.32 Å². The maximum Gasteiger partial charge on any atom is 0.217 e. The van der Waals surface area contributed by atoms with E-state index >= 15 is 0 Å². The Morgan fingerprint density at radius 1 is 1.12 bits per heavy atom. The lowest BCUT2D eigenvalue weighted by Gasteiger charge is -2.27. The fraction of sp³-hybridized carbons (Fsp3) is 0.350. The molecule has 2 unspecified atom stereocenters. The molecule has 0 saturated carbocycles. The van der Waals surface area contributed by atoms with Crippen LogP contribution in [0.25, 0.3) is 0 Å². The van der Waals surface area contributed by atoms with E-state index in [1.54, 1.807) is 0 Å². The van der Waals surface area contributed by atoms with Crippen molar-refractivity contribution in [2.45, 2.75) is 24.9 Å². The van der Waals surface area contributed by atoms with Crippen LogP contribution in [0.15, 0.2) is 54.6 Å². The molecule has 3 rings (SSSR count). The lowest BCUT2D eigenvalue weighted by Crippen LogP contribution is -2.39. The summed E-state index contributed by atoms with van der Waals surface area (Å²) >= 11 is 0.